The maximum absolute atomic E-state index is 14.9. The van der Waals surface area contributed by atoms with Crippen LogP contribution in [0.1, 0.15) is 42.6 Å². The Bertz CT molecular complexity index is 1340. The van der Waals surface area contributed by atoms with E-state index in [0.717, 1.165) is 80.1 Å². The van der Waals surface area contributed by atoms with E-state index in [-0.39, 0.29) is 55.0 Å². The van der Waals surface area contributed by atoms with E-state index in [0.29, 0.717) is 22.7 Å². The van der Waals surface area contributed by atoms with Crippen LogP contribution in [0.3, 0.4) is 0 Å². The number of hydrogen-bond acceptors (Lipinski definition) is 6. The zero-order valence-electron chi connectivity index (χ0n) is 24.2. The molecule has 3 N–H and O–H groups in total. The lowest BCUT2D eigenvalue weighted by Gasteiger charge is -2.39. The van der Waals surface area contributed by atoms with Crippen molar-refractivity contribution in [3.05, 3.63) is 59.0 Å². The molecule has 7 nitrogen and oxygen atoms in total. The van der Waals surface area contributed by atoms with Crippen LogP contribution in [-0.4, -0.2) is 67.0 Å². The molecule has 2 aliphatic heterocycles. The Morgan fingerprint density at radius 2 is 1.66 bits per heavy atom. The molecule has 2 saturated heterocycles. The van der Waals surface area contributed by atoms with E-state index in [1.807, 2.05) is 19.9 Å². The Kier molecular flexibility index (Phi) is 12.3. The molecular formula is C30H42Cl3FN6O. The number of carbonyl (C=O) groups is 1. The second-order valence-electron chi connectivity index (χ2n) is 11.0. The summed E-state index contributed by atoms with van der Waals surface area (Å²) in [7, 11) is 2.12. The lowest BCUT2D eigenvalue weighted by molar-refractivity contribution is -0.137. The lowest BCUT2D eigenvalue weighted by Crippen LogP contribution is -2.51. The number of hydrogen-bond donors (Lipinski definition) is 2. The number of piperidine rings is 1. The van der Waals surface area contributed by atoms with Crippen molar-refractivity contribution in [2.24, 2.45) is 5.92 Å². The molecule has 1 amide bonds. The highest BCUT2D eigenvalue weighted by Gasteiger charge is 2.29. The summed E-state index contributed by atoms with van der Waals surface area (Å²) in [6, 6.07) is 11.4. The topological polar surface area (TPSA) is 77.7 Å². The number of fused-ring (bicyclic) bond motifs is 1. The molecule has 0 radical (unpaired) electrons. The number of aryl methyl sites for hydroxylation is 2. The van der Waals surface area contributed by atoms with Crippen LogP contribution in [-0.2, 0) is 4.79 Å². The third-order valence-corrected chi connectivity index (χ3v) is 8.09. The molecule has 0 saturated carbocycles. The van der Waals surface area contributed by atoms with Gasteiger partial charge in [-0.3, -0.25) is 9.78 Å². The number of halogens is 4. The predicted octanol–water partition coefficient (Wildman–Crippen LogP) is 6.00. The van der Waals surface area contributed by atoms with Gasteiger partial charge in [0.2, 0.25) is 5.91 Å². The van der Waals surface area contributed by atoms with Crippen LogP contribution in [0, 0.1) is 25.6 Å². The summed E-state index contributed by atoms with van der Waals surface area (Å²) >= 11 is 0. The number of nitrogen functional groups attached to an aromatic ring is 1. The minimum Gasteiger partial charge on any atom is -0.399 e. The molecule has 0 aliphatic carbocycles. The van der Waals surface area contributed by atoms with E-state index in [4.69, 9.17) is 10.7 Å². The highest BCUT2D eigenvalue weighted by molar-refractivity contribution is 5.94. The first-order valence-electron chi connectivity index (χ1n) is 13.7. The zero-order chi connectivity index (χ0) is 27.0. The molecule has 11 heteroatoms. The normalized spacial score (nSPS) is 16.8. The Labute approximate surface area is 261 Å². The number of rotatable bonds is 5. The SMILES string of the molecule is Cc1cc(N[C@H](C)c2cc(N)cc(C)c2F)c2cc(N3CCN(C(=O)C4CCN(C)CC4)CC3)ccc2n1.Cl.Cl.Cl. The summed E-state index contributed by atoms with van der Waals surface area (Å²) in [5.74, 6) is 0.250. The van der Waals surface area contributed by atoms with E-state index in [1.54, 1.807) is 19.1 Å². The number of likely N-dealkylation sites (tertiary alicyclic amines) is 1. The molecule has 3 aromatic rings. The van der Waals surface area contributed by atoms with Crippen molar-refractivity contribution < 1.29 is 9.18 Å². The summed E-state index contributed by atoms with van der Waals surface area (Å²) in [5, 5.41) is 4.51. The number of benzene rings is 2. The molecule has 3 heterocycles. The van der Waals surface area contributed by atoms with Crippen molar-refractivity contribution in [2.45, 2.75) is 39.7 Å². The van der Waals surface area contributed by atoms with Crippen molar-refractivity contribution >= 4 is 71.1 Å². The molecule has 0 bridgehead atoms. The minimum atomic E-state index is -0.278. The van der Waals surface area contributed by atoms with Crippen LogP contribution < -0.4 is 16.0 Å². The van der Waals surface area contributed by atoms with Crippen LogP contribution in [0.25, 0.3) is 10.9 Å². The highest BCUT2D eigenvalue weighted by Crippen LogP contribution is 2.32. The van der Waals surface area contributed by atoms with Gasteiger partial charge in [0.25, 0.3) is 0 Å². The summed E-state index contributed by atoms with van der Waals surface area (Å²) in [4.78, 5) is 24.5. The molecule has 0 unspecified atom stereocenters. The van der Waals surface area contributed by atoms with Gasteiger partial charge in [0.1, 0.15) is 5.82 Å². The van der Waals surface area contributed by atoms with E-state index in [2.05, 4.69) is 45.3 Å². The number of anilines is 3. The largest absolute Gasteiger partial charge is 0.399 e. The Hall–Kier alpha value is -2.52. The van der Waals surface area contributed by atoms with Crippen LogP contribution >= 0.6 is 37.2 Å². The van der Waals surface area contributed by atoms with Crippen LogP contribution in [0.4, 0.5) is 21.5 Å². The third kappa shape index (κ3) is 7.66. The fourth-order valence-corrected chi connectivity index (χ4v) is 5.81. The number of carbonyl (C=O) groups excluding carboxylic acids is 1. The van der Waals surface area contributed by atoms with E-state index in [1.165, 1.54) is 0 Å². The van der Waals surface area contributed by atoms with Crippen molar-refractivity contribution in [1.29, 1.82) is 0 Å². The van der Waals surface area contributed by atoms with Crippen molar-refractivity contribution in [1.82, 2.24) is 14.8 Å². The summed E-state index contributed by atoms with van der Waals surface area (Å²) in [5.41, 5.74) is 11.5. The number of pyridine rings is 1. The second-order valence-corrected chi connectivity index (χ2v) is 11.0. The average molecular weight is 628 g/mol. The maximum atomic E-state index is 14.9. The van der Waals surface area contributed by atoms with Gasteiger partial charge in [-0.15, -0.1) is 37.2 Å². The monoisotopic (exact) mass is 626 g/mol. The first-order chi connectivity index (χ1) is 18.2. The summed E-state index contributed by atoms with van der Waals surface area (Å²) in [6.07, 6.45) is 1.92. The molecule has 1 aromatic heterocycles. The number of nitrogens with zero attached hydrogens (tertiary/aromatic N) is 4. The molecule has 226 valence electrons. The van der Waals surface area contributed by atoms with E-state index in [9.17, 15) is 9.18 Å². The number of piperazine rings is 1. The first kappa shape index (κ1) is 34.7. The number of nitrogens with one attached hydrogen (secondary N) is 1. The molecule has 41 heavy (non-hydrogen) atoms. The highest BCUT2D eigenvalue weighted by atomic mass is 35.5. The fourth-order valence-electron chi connectivity index (χ4n) is 5.81. The average Bonchev–Trinajstić information content (AvgIpc) is 2.90. The standard InChI is InChI=1S/C30H39FN6O.3ClH/c1-19-15-23(32)17-25(29(19)31)21(3)34-28-16-20(2)33-27-6-5-24(18-26(27)28)36-11-13-37(14-12-36)30(38)22-7-9-35(4)10-8-22;;;/h5-6,15-18,21-22H,7-14,32H2,1-4H3,(H,33,34);3*1H/t21-;;;/m1.../s1. The molecule has 5 rings (SSSR count). The molecule has 2 aromatic carbocycles. The number of nitrogens with two attached hydrogens (primary N) is 1. The van der Waals surface area contributed by atoms with Gasteiger partial charge in [0, 0.05) is 65.8 Å². The predicted molar refractivity (Wildman–Crippen MR) is 175 cm³/mol. The van der Waals surface area contributed by atoms with Crippen LogP contribution in [0.15, 0.2) is 36.4 Å². The van der Waals surface area contributed by atoms with Crippen molar-refractivity contribution in [2.75, 3.05) is 62.3 Å². The second kappa shape index (κ2) is 14.6. The first-order valence-corrected chi connectivity index (χ1v) is 13.7. The summed E-state index contributed by atoms with van der Waals surface area (Å²) in [6.45, 7) is 10.7. The maximum Gasteiger partial charge on any atom is 0.225 e. The fraction of sp³-hybridized carbons (Fsp3) is 0.467. The smallest absolute Gasteiger partial charge is 0.225 e. The van der Waals surface area contributed by atoms with Crippen molar-refractivity contribution in [3.63, 3.8) is 0 Å². The Morgan fingerprint density at radius 3 is 2.32 bits per heavy atom. The third-order valence-electron chi connectivity index (χ3n) is 8.09. The van der Waals surface area contributed by atoms with Crippen LogP contribution in [0.2, 0.25) is 0 Å². The number of aromatic nitrogens is 1. The zero-order valence-corrected chi connectivity index (χ0v) is 26.6. The molecule has 2 fully saturated rings. The van der Waals surface area contributed by atoms with Gasteiger partial charge < -0.3 is 25.8 Å². The van der Waals surface area contributed by atoms with Crippen molar-refractivity contribution in [3.8, 4) is 0 Å². The van der Waals surface area contributed by atoms with Gasteiger partial charge in [-0.2, -0.15) is 0 Å². The molecular weight excluding hydrogens is 586 g/mol. The Morgan fingerprint density at radius 1 is 1.00 bits per heavy atom. The molecule has 2 aliphatic rings. The van der Waals surface area contributed by atoms with Gasteiger partial charge in [-0.25, -0.2) is 4.39 Å². The van der Waals surface area contributed by atoms with Gasteiger partial charge >= 0.3 is 0 Å². The van der Waals surface area contributed by atoms with E-state index < -0.39 is 0 Å². The quantitative estimate of drug-likeness (QED) is 0.338. The Balaban J connectivity index is 0.00000196. The number of amides is 1. The van der Waals surface area contributed by atoms with Gasteiger partial charge in [-0.05, 0) is 95.7 Å². The van der Waals surface area contributed by atoms with Gasteiger partial charge in [0.15, 0.2) is 0 Å². The lowest BCUT2D eigenvalue weighted by atomic mass is 9.95. The van der Waals surface area contributed by atoms with Crippen LogP contribution in [0.5, 0.6) is 0 Å². The summed E-state index contributed by atoms with van der Waals surface area (Å²) < 4.78 is 14.9. The van der Waals surface area contributed by atoms with E-state index >= 15 is 0 Å². The molecule has 0 spiro atoms. The van der Waals surface area contributed by atoms with Gasteiger partial charge in [0.05, 0.1) is 11.6 Å². The molecule has 1 atom stereocenters. The van der Waals surface area contributed by atoms with Gasteiger partial charge in [-0.1, -0.05) is 0 Å². The minimum absolute atomic E-state index is 0.